The first kappa shape index (κ1) is 22.9. The molecule has 0 N–H and O–H groups in total. The van der Waals surface area contributed by atoms with E-state index >= 15 is 0 Å². The maximum Gasteiger partial charge on any atom is 0.349 e. The van der Waals surface area contributed by atoms with Crippen molar-refractivity contribution in [3.8, 4) is 6.07 Å². The molecule has 0 unspecified atom stereocenters. The summed E-state index contributed by atoms with van der Waals surface area (Å²) < 4.78 is 12.4. The third kappa shape index (κ3) is 5.37. The number of carbonyl (C=O) groups excluding carboxylic acids is 2. The molecular weight excluding hydrogens is 382 g/mol. The van der Waals surface area contributed by atoms with Crippen LogP contribution in [0.4, 0.5) is 5.69 Å². The van der Waals surface area contributed by atoms with Crippen LogP contribution >= 0.6 is 0 Å². The van der Waals surface area contributed by atoms with E-state index in [1.807, 2.05) is 51.1 Å². The van der Waals surface area contributed by atoms with E-state index in [0.717, 1.165) is 17.0 Å². The van der Waals surface area contributed by atoms with E-state index in [-0.39, 0.29) is 11.6 Å². The molecule has 0 saturated carbocycles. The first-order valence-corrected chi connectivity index (χ1v) is 9.58. The fourth-order valence-electron chi connectivity index (χ4n) is 3.33. The number of methoxy groups -OCH3 is 1. The van der Waals surface area contributed by atoms with E-state index in [1.54, 1.807) is 26.3 Å². The van der Waals surface area contributed by atoms with Gasteiger partial charge in [0, 0.05) is 31.2 Å². The number of hydrogen-bond donors (Lipinski definition) is 0. The number of likely N-dealkylation sites (N-methyl/N-ethyl adjacent to an activating group) is 1. The summed E-state index contributed by atoms with van der Waals surface area (Å²) in [6.07, 6.45) is 1.49. The van der Waals surface area contributed by atoms with Gasteiger partial charge in [-0.3, -0.25) is 4.79 Å². The molecule has 0 radical (unpaired) electrons. The van der Waals surface area contributed by atoms with Gasteiger partial charge < -0.3 is 18.9 Å². The van der Waals surface area contributed by atoms with Crippen molar-refractivity contribution in [3.63, 3.8) is 0 Å². The van der Waals surface area contributed by atoms with E-state index in [9.17, 15) is 14.9 Å². The Morgan fingerprint density at radius 2 is 1.93 bits per heavy atom. The van der Waals surface area contributed by atoms with Crippen molar-refractivity contribution >= 4 is 23.6 Å². The highest BCUT2D eigenvalue weighted by atomic mass is 16.5. The first-order valence-electron chi connectivity index (χ1n) is 9.58. The molecule has 0 spiro atoms. The highest BCUT2D eigenvalue weighted by Gasteiger charge is 2.18. The van der Waals surface area contributed by atoms with Crippen LogP contribution in [0, 0.1) is 25.2 Å². The zero-order valence-electron chi connectivity index (χ0n) is 18.0. The molecule has 30 heavy (non-hydrogen) atoms. The van der Waals surface area contributed by atoms with Crippen LogP contribution in [-0.2, 0) is 19.1 Å². The molecule has 1 aromatic heterocycles. The third-order valence-corrected chi connectivity index (χ3v) is 4.86. The summed E-state index contributed by atoms with van der Waals surface area (Å²) in [5, 5.41) is 9.43. The van der Waals surface area contributed by atoms with Gasteiger partial charge in [-0.1, -0.05) is 18.2 Å². The van der Waals surface area contributed by atoms with E-state index in [2.05, 4.69) is 4.57 Å². The lowest BCUT2D eigenvalue weighted by Gasteiger charge is -2.17. The number of nitriles is 1. The van der Waals surface area contributed by atoms with Crippen LogP contribution in [-0.4, -0.2) is 43.8 Å². The second-order valence-electron chi connectivity index (χ2n) is 7.04. The molecule has 0 saturated heterocycles. The Balaban J connectivity index is 2.11. The maximum atomic E-state index is 12.4. The van der Waals surface area contributed by atoms with Crippen molar-refractivity contribution in [1.29, 1.82) is 5.26 Å². The Morgan fingerprint density at radius 1 is 1.27 bits per heavy atom. The molecule has 7 heteroatoms. The van der Waals surface area contributed by atoms with Crippen molar-refractivity contribution in [1.82, 2.24) is 4.57 Å². The van der Waals surface area contributed by atoms with Crippen LogP contribution in [0.3, 0.4) is 0 Å². The average molecular weight is 409 g/mol. The molecule has 1 heterocycles. The number of anilines is 1. The number of carbonyl (C=O) groups is 2. The van der Waals surface area contributed by atoms with Gasteiger partial charge in [0.15, 0.2) is 6.61 Å². The molecule has 2 rings (SSSR count). The van der Waals surface area contributed by atoms with Gasteiger partial charge >= 0.3 is 5.97 Å². The number of benzene rings is 1. The summed E-state index contributed by atoms with van der Waals surface area (Å²) >= 11 is 0. The summed E-state index contributed by atoms with van der Waals surface area (Å²) in [5.74, 6) is -1.22. The van der Waals surface area contributed by atoms with Gasteiger partial charge in [-0.15, -0.1) is 0 Å². The topological polar surface area (TPSA) is 84.6 Å². The summed E-state index contributed by atoms with van der Waals surface area (Å²) in [6.45, 7) is 6.00. The Kier molecular flexibility index (Phi) is 7.96. The molecule has 1 aromatic carbocycles. The standard InChI is InChI=1S/C23H27N3O4/c1-16-11-19(18(3)26(16)17(2)14-29-5)12-20(13-24)23(28)30-15-22(27)25(4)21-9-7-6-8-10-21/h6-12,17H,14-15H2,1-5H3/b20-12+/t17-/m1/s1. The zero-order valence-corrected chi connectivity index (χ0v) is 18.0. The van der Waals surface area contributed by atoms with Gasteiger partial charge in [0.2, 0.25) is 0 Å². The van der Waals surface area contributed by atoms with Crippen LogP contribution in [0.1, 0.15) is 29.9 Å². The molecule has 1 atom stereocenters. The van der Waals surface area contributed by atoms with Crippen LogP contribution in [0.5, 0.6) is 0 Å². The molecule has 0 bridgehead atoms. The SMILES string of the molecule is COC[C@@H](C)n1c(C)cc(/C=C(\C#N)C(=O)OCC(=O)N(C)c2ccccc2)c1C. The van der Waals surface area contributed by atoms with E-state index in [1.165, 1.54) is 11.0 Å². The van der Waals surface area contributed by atoms with Crippen molar-refractivity contribution < 1.29 is 19.1 Å². The third-order valence-electron chi connectivity index (χ3n) is 4.86. The van der Waals surface area contributed by atoms with E-state index in [0.29, 0.717) is 12.3 Å². The monoisotopic (exact) mass is 409 g/mol. The molecule has 1 amide bonds. The molecule has 0 aliphatic heterocycles. The van der Waals surface area contributed by atoms with Crippen LogP contribution in [0.25, 0.3) is 6.08 Å². The number of esters is 1. The average Bonchev–Trinajstić information content (AvgIpc) is 3.03. The Morgan fingerprint density at radius 3 is 2.53 bits per heavy atom. The van der Waals surface area contributed by atoms with Gasteiger partial charge in [0.25, 0.3) is 5.91 Å². The summed E-state index contributed by atoms with van der Waals surface area (Å²) in [5.41, 5.74) is 3.18. The lowest BCUT2D eigenvalue weighted by atomic mass is 10.1. The highest BCUT2D eigenvalue weighted by molar-refractivity contribution is 6.00. The number of amides is 1. The molecule has 0 fully saturated rings. The first-order chi connectivity index (χ1) is 14.3. The van der Waals surface area contributed by atoms with Gasteiger partial charge in [-0.25, -0.2) is 4.79 Å². The fourth-order valence-corrected chi connectivity index (χ4v) is 3.33. The Labute approximate surface area is 177 Å². The number of ether oxygens (including phenoxy) is 2. The normalized spacial score (nSPS) is 12.2. The minimum atomic E-state index is -0.831. The molecule has 0 aliphatic carbocycles. The minimum absolute atomic E-state index is 0.112. The summed E-state index contributed by atoms with van der Waals surface area (Å²) in [4.78, 5) is 26.1. The van der Waals surface area contributed by atoms with Crippen molar-refractivity contribution in [2.75, 3.05) is 32.3 Å². The largest absolute Gasteiger partial charge is 0.451 e. The molecular formula is C23H27N3O4. The number of nitrogens with zero attached hydrogens (tertiary/aromatic N) is 3. The number of para-hydroxylation sites is 1. The van der Waals surface area contributed by atoms with Crippen LogP contribution in [0.2, 0.25) is 0 Å². The van der Waals surface area contributed by atoms with Gasteiger partial charge in [0.05, 0.1) is 12.6 Å². The summed E-state index contributed by atoms with van der Waals surface area (Å²) in [7, 11) is 3.24. The highest BCUT2D eigenvalue weighted by Crippen LogP contribution is 2.23. The molecule has 2 aromatic rings. The van der Waals surface area contributed by atoms with Gasteiger partial charge in [0.1, 0.15) is 11.6 Å². The van der Waals surface area contributed by atoms with E-state index < -0.39 is 18.5 Å². The number of aromatic nitrogens is 1. The van der Waals surface area contributed by atoms with Crippen LogP contribution < -0.4 is 4.90 Å². The number of aryl methyl sites for hydroxylation is 1. The van der Waals surface area contributed by atoms with Gasteiger partial charge in [-0.2, -0.15) is 5.26 Å². The number of hydrogen-bond acceptors (Lipinski definition) is 5. The van der Waals surface area contributed by atoms with Crippen molar-refractivity contribution in [2.45, 2.75) is 26.8 Å². The second-order valence-corrected chi connectivity index (χ2v) is 7.04. The molecule has 0 aliphatic rings. The Hall–Kier alpha value is -3.37. The molecule has 7 nitrogen and oxygen atoms in total. The lowest BCUT2D eigenvalue weighted by molar-refractivity contribution is -0.143. The molecule has 158 valence electrons. The van der Waals surface area contributed by atoms with Crippen molar-refractivity contribution in [2.24, 2.45) is 0 Å². The fraction of sp³-hybridized carbons (Fsp3) is 0.348. The predicted molar refractivity (Wildman–Crippen MR) is 115 cm³/mol. The second kappa shape index (κ2) is 10.4. The maximum absolute atomic E-state index is 12.4. The summed E-state index contributed by atoms with van der Waals surface area (Å²) in [6, 6.07) is 12.9. The lowest BCUT2D eigenvalue weighted by Crippen LogP contribution is -2.31. The van der Waals surface area contributed by atoms with Crippen molar-refractivity contribution in [3.05, 3.63) is 58.9 Å². The zero-order chi connectivity index (χ0) is 22.3. The predicted octanol–water partition coefficient (Wildman–Crippen LogP) is 3.43. The van der Waals surface area contributed by atoms with E-state index in [4.69, 9.17) is 9.47 Å². The Bertz CT molecular complexity index is 970. The van der Waals surface area contributed by atoms with Gasteiger partial charge in [-0.05, 0) is 50.6 Å². The minimum Gasteiger partial charge on any atom is -0.451 e. The smallest absolute Gasteiger partial charge is 0.349 e. The quantitative estimate of drug-likeness (QED) is 0.379. The number of rotatable bonds is 8. The van der Waals surface area contributed by atoms with Crippen LogP contribution in [0.15, 0.2) is 42.0 Å².